The molecule has 1 spiro atoms. The minimum absolute atomic E-state index is 0.131. The molecule has 2 aliphatic rings. The number of carbonyl (C=O) groups is 2. The SMILES string of the molecule is CC1=C(C(=O)NCCCc2ccccc2)C2(CCCCC2)OC1=O. The van der Waals surface area contributed by atoms with Crippen LogP contribution < -0.4 is 5.32 Å². The maximum absolute atomic E-state index is 12.7. The molecule has 1 saturated carbocycles. The summed E-state index contributed by atoms with van der Waals surface area (Å²) >= 11 is 0. The van der Waals surface area contributed by atoms with Crippen LogP contribution in [0.3, 0.4) is 0 Å². The van der Waals surface area contributed by atoms with Crippen molar-refractivity contribution in [3.63, 3.8) is 0 Å². The van der Waals surface area contributed by atoms with Gasteiger partial charge in [-0.15, -0.1) is 0 Å². The van der Waals surface area contributed by atoms with Crippen molar-refractivity contribution in [2.75, 3.05) is 6.54 Å². The summed E-state index contributed by atoms with van der Waals surface area (Å²) in [4.78, 5) is 24.7. The molecule has 4 nitrogen and oxygen atoms in total. The van der Waals surface area contributed by atoms with Crippen LogP contribution in [0.1, 0.15) is 51.0 Å². The van der Waals surface area contributed by atoms with Crippen LogP contribution in [0.2, 0.25) is 0 Å². The van der Waals surface area contributed by atoms with Gasteiger partial charge in [0.2, 0.25) is 0 Å². The second-order valence-electron chi connectivity index (χ2n) is 6.79. The van der Waals surface area contributed by atoms with E-state index in [9.17, 15) is 9.59 Å². The van der Waals surface area contributed by atoms with Crippen LogP contribution in [-0.2, 0) is 20.7 Å². The fourth-order valence-electron chi connectivity index (χ4n) is 3.83. The third-order valence-corrected chi connectivity index (χ3v) is 5.08. The summed E-state index contributed by atoms with van der Waals surface area (Å²) in [5, 5.41) is 2.99. The molecule has 1 aromatic carbocycles. The van der Waals surface area contributed by atoms with E-state index in [2.05, 4.69) is 17.4 Å². The molecule has 0 bridgehead atoms. The Kier molecular flexibility index (Phi) is 5.03. The van der Waals surface area contributed by atoms with Crippen LogP contribution >= 0.6 is 0 Å². The summed E-state index contributed by atoms with van der Waals surface area (Å²) in [7, 11) is 0. The molecule has 1 heterocycles. The Bertz CT molecular complexity index is 642. The summed E-state index contributed by atoms with van der Waals surface area (Å²) in [5.41, 5.74) is 1.66. The fraction of sp³-hybridized carbons (Fsp3) is 0.500. The molecule has 0 radical (unpaired) electrons. The van der Waals surface area contributed by atoms with E-state index in [0.29, 0.717) is 17.7 Å². The molecule has 1 fully saturated rings. The molecule has 0 saturated heterocycles. The van der Waals surface area contributed by atoms with Crippen molar-refractivity contribution in [1.29, 1.82) is 0 Å². The number of rotatable bonds is 5. The van der Waals surface area contributed by atoms with E-state index in [-0.39, 0.29) is 11.9 Å². The lowest BCUT2D eigenvalue weighted by molar-refractivity contribution is -0.149. The summed E-state index contributed by atoms with van der Waals surface area (Å²) in [6, 6.07) is 10.2. The lowest BCUT2D eigenvalue weighted by atomic mass is 9.78. The smallest absolute Gasteiger partial charge is 0.335 e. The molecule has 128 valence electrons. The van der Waals surface area contributed by atoms with E-state index in [4.69, 9.17) is 4.74 Å². The van der Waals surface area contributed by atoms with Gasteiger partial charge in [-0.2, -0.15) is 0 Å². The van der Waals surface area contributed by atoms with Crippen LogP contribution in [0, 0.1) is 0 Å². The molecule has 0 atom stereocenters. The van der Waals surface area contributed by atoms with Gasteiger partial charge in [0.15, 0.2) is 0 Å². The predicted octanol–water partition coefficient (Wildman–Crippen LogP) is 3.31. The topological polar surface area (TPSA) is 55.4 Å². The molecule has 1 aromatic rings. The zero-order valence-electron chi connectivity index (χ0n) is 14.3. The van der Waals surface area contributed by atoms with Crippen LogP contribution in [0.4, 0.5) is 0 Å². The molecule has 1 aliphatic heterocycles. The maximum atomic E-state index is 12.7. The summed E-state index contributed by atoms with van der Waals surface area (Å²) < 4.78 is 5.64. The monoisotopic (exact) mass is 327 g/mol. The number of amides is 1. The fourth-order valence-corrected chi connectivity index (χ4v) is 3.83. The minimum Gasteiger partial charge on any atom is -0.451 e. The molecule has 1 aliphatic carbocycles. The Labute approximate surface area is 143 Å². The maximum Gasteiger partial charge on any atom is 0.335 e. The van der Waals surface area contributed by atoms with Crippen LogP contribution in [0.15, 0.2) is 41.5 Å². The number of esters is 1. The van der Waals surface area contributed by atoms with Gasteiger partial charge in [-0.3, -0.25) is 4.79 Å². The largest absolute Gasteiger partial charge is 0.451 e. The van der Waals surface area contributed by atoms with E-state index < -0.39 is 5.60 Å². The first kappa shape index (κ1) is 16.7. The zero-order valence-corrected chi connectivity index (χ0v) is 14.3. The van der Waals surface area contributed by atoms with Gasteiger partial charge in [0.25, 0.3) is 5.91 Å². The van der Waals surface area contributed by atoms with Gasteiger partial charge < -0.3 is 10.1 Å². The quantitative estimate of drug-likeness (QED) is 0.667. The number of ether oxygens (including phenoxy) is 1. The minimum atomic E-state index is -0.664. The Hall–Kier alpha value is -2.10. The highest BCUT2D eigenvalue weighted by atomic mass is 16.6. The average molecular weight is 327 g/mol. The lowest BCUT2D eigenvalue weighted by Gasteiger charge is -2.34. The predicted molar refractivity (Wildman–Crippen MR) is 92.4 cm³/mol. The normalized spacial score (nSPS) is 19.5. The van der Waals surface area contributed by atoms with Crippen molar-refractivity contribution in [3.05, 3.63) is 47.0 Å². The van der Waals surface area contributed by atoms with Gasteiger partial charge in [-0.25, -0.2) is 4.79 Å². The molecule has 1 N–H and O–H groups in total. The van der Waals surface area contributed by atoms with Crippen molar-refractivity contribution in [2.45, 2.75) is 57.5 Å². The molecule has 24 heavy (non-hydrogen) atoms. The molecular formula is C20H25NO3. The summed E-state index contributed by atoms with van der Waals surface area (Å²) in [5.74, 6) is -0.459. The van der Waals surface area contributed by atoms with E-state index in [1.54, 1.807) is 6.92 Å². The lowest BCUT2D eigenvalue weighted by Crippen LogP contribution is -2.41. The highest BCUT2D eigenvalue weighted by Crippen LogP contribution is 2.43. The molecule has 0 unspecified atom stereocenters. The highest BCUT2D eigenvalue weighted by Gasteiger charge is 2.49. The Morgan fingerprint density at radius 3 is 2.58 bits per heavy atom. The highest BCUT2D eigenvalue weighted by molar-refractivity contribution is 6.07. The first-order chi connectivity index (χ1) is 11.6. The van der Waals surface area contributed by atoms with E-state index in [0.717, 1.165) is 44.9 Å². The zero-order chi connectivity index (χ0) is 17.0. The molecule has 4 heteroatoms. The third-order valence-electron chi connectivity index (χ3n) is 5.08. The number of benzene rings is 1. The number of carbonyl (C=O) groups excluding carboxylic acids is 2. The number of hydrogen-bond donors (Lipinski definition) is 1. The Morgan fingerprint density at radius 2 is 1.88 bits per heavy atom. The standard InChI is InChI=1S/C20H25NO3/c1-15-17(20(24-19(15)23)12-6-3-7-13-20)18(22)21-14-8-11-16-9-4-2-5-10-16/h2,4-5,9-10H,3,6-8,11-14H2,1H3,(H,21,22). The van der Waals surface area contributed by atoms with Gasteiger partial charge in [0.05, 0.1) is 5.57 Å². The van der Waals surface area contributed by atoms with Gasteiger partial charge in [-0.05, 0) is 51.0 Å². The van der Waals surface area contributed by atoms with Crippen molar-refractivity contribution in [3.8, 4) is 0 Å². The average Bonchev–Trinajstić information content (AvgIpc) is 2.83. The Morgan fingerprint density at radius 1 is 1.17 bits per heavy atom. The van der Waals surface area contributed by atoms with Gasteiger partial charge in [0, 0.05) is 12.1 Å². The van der Waals surface area contributed by atoms with Gasteiger partial charge >= 0.3 is 5.97 Å². The molecule has 3 rings (SSSR count). The molecule has 0 aromatic heterocycles. The number of aryl methyl sites for hydroxylation is 1. The third kappa shape index (κ3) is 3.37. The molecular weight excluding hydrogens is 302 g/mol. The van der Waals surface area contributed by atoms with Gasteiger partial charge in [0.1, 0.15) is 5.60 Å². The summed E-state index contributed by atoms with van der Waals surface area (Å²) in [6.45, 7) is 2.32. The van der Waals surface area contributed by atoms with Crippen LogP contribution in [0.25, 0.3) is 0 Å². The van der Waals surface area contributed by atoms with Gasteiger partial charge in [-0.1, -0.05) is 36.8 Å². The van der Waals surface area contributed by atoms with Crippen molar-refractivity contribution in [1.82, 2.24) is 5.32 Å². The van der Waals surface area contributed by atoms with Crippen LogP contribution in [0.5, 0.6) is 0 Å². The van der Waals surface area contributed by atoms with E-state index in [1.165, 1.54) is 5.56 Å². The Balaban J connectivity index is 1.59. The number of nitrogens with one attached hydrogen (secondary N) is 1. The van der Waals surface area contributed by atoms with Crippen LogP contribution in [-0.4, -0.2) is 24.0 Å². The van der Waals surface area contributed by atoms with Crippen molar-refractivity contribution >= 4 is 11.9 Å². The van der Waals surface area contributed by atoms with E-state index in [1.807, 2.05) is 18.2 Å². The van der Waals surface area contributed by atoms with Crippen molar-refractivity contribution < 1.29 is 14.3 Å². The number of hydrogen-bond acceptors (Lipinski definition) is 3. The first-order valence-corrected chi connectivity index (χ1v) is 8.89. The van der Waals surface area contributed by atoms with E-state index >= 15 is 0 Å². The molecule has 1 amide bonds. The first-order valence-electron chi connectivity index (χ1n) is 8.89. The second kappa shape index (κ2) is 7.20. The van der Waals surface area contributed by atoms with Crippen molar-refractivity contribution in [2.24, 2.45) is 0 Å². The second-order valence-corrected chi connectivity index (χ2v) is 6.79. The summed E-state index contributed by atoms with van der Waals surface area (Å²) in [6.07, 6.45) is 6.50.